The van der Waals surface area contributed by atoms with Gasteiger partial charge in [0, 0.05) is 36.9 Å². The Morgan fingerprint density at radius 3 is 2.32 bits per heavy atom. The van der Waals surface area contributed by atoms with Crippen molar-refractivity contribution in [2.24, 2.45) is 12.1 Å². The molecule has 2 N–H and O–H groups in total. The number of anilines is 1. The number of hydrazone groups is 1. The highest BCUT2D eigenvalue weighted by Gasteiger charge is 2.14. The maximum Gasteiger partial charge on any atom is 0.293 e. The first-order valence-corrected chi connectivity index (χ1v) is 9.09. The Hall–Kier alpha value is -3.33. The quantitative estimate of drug-likeness (QED) is 0.470. The van der Waals surface area contributed by atoms with Crippen molar-refractivity contribution in [2.75, 3.05) is 5.32 Å². The number of rotatable bonds is 5. The Balaban J connectivity index is 1.64. The monoisotopic (exact) mass is 440 g/mol. The van der Waals surface area contributed by atoms with Crippen LogP contribution < -0.4 is 10.7 Å². The number of carbonyl (C=O) groups excluding carboxylic acids is 2. The SMILES string of the molecule is C/C(=N/NC(=O)c1nn(C)cc1Br)c1ccc(NC(=O)c2ccncc2)cc1. The topological polar surface area (TPSA) is 101 Å². The highest BCUT2D eigenvalue weighted by atomic mass is 79.9. The van der Waals surface area contributed by atoms with Crippen molar-refractivity contribution in [3.05, 3.63) is 76.3 Å². The van der Waals surface area contributed by atoms with Gasteiger partial charge in [0.05, 0.1) is 10.2 Å². The molecule has 0 spiro atoms. The van der Waals surface area contributed by atoms with E-state index in [1.807, 2.05) is 12.1 Å². The summed E-state index contributed by atoms with van der Waals surface area (Å²) in [6, 6.07) is 10.4. The summed E-state index contributed by atoms with van der Waals surface area (Å²) in [6.07, 6.45) is 4.82. The summed E-state index contributed by atoms with van der Waals surface area (Å²) in [4.78, 5) is 28.2. The molecular weight excluding hydrogens is 424 g/mol. The van der Waals surface area contributed by atoms with Crippen LogP contribution in [-0.2, 0) is 7.05 Å². The lowest BCUT2D eigenvalue weighted by Crippen LogP contribution is -2.20. The Kier molecular flexibility index (Phi) is 5.95. The molecule has 142 valence electrons. The van der Waals surface area contributed by atoms with Crippen LogP contribution >= 0.6 is 15.9 Å². The third kappa shape index (κ3) is 4.68. The maximum absolute atomic E-state index is 12.2. The number of aromatic nitrogens is 3. The van der Waals surface area contributed by atoms with Crippen LogP contribution in [0, 0.1) is 0 Å². The number of halogens is 1. The van der Waals surface area contributed by atoms with Crippen molar-refractivity contribution in [3.8, 4) is 0 Å². The molecule has 8 nitrogen and oxygen atoms in total. The zero-order chi connectivity index (χ0) is 20.1. The van der Waals surface area contributed by atoms with Gasteiger partial charge in [0.1, 0.15) is 0 Å². The van der Waals surface area contributed by atoms with Crippen molar-refractivity contribution < 1.29 is 9.59 Å². The van der Waals surface area contributed by atoms with Crippen molar-refractivity contribution in [2.45, 2.75) is 6.92 Å². The maximum atomic E-state index is 12.2. The van der Waals surface area contributed by atoms with Crippen molar-refractivity contribution in [1.82, 2.24) is 20.2 Å². The first kappa shape index (κ1) is 19.4. The fraction of sp³-hybridized carbons (Fsp3) is 0.105. The van der Waals surface area contributed by atoms with Gasteiger partial charge < -0.3 is 5.32 Å². The van der Waals surface area contributed by atoms with Crippen LogP contribution in [0.25, 0.3) is 0 Å². The molecule has 0 aliphatic carbocycles. The zero-order valence-electron chi connectivity index (χ0n) is 15.2. The van der Waals surface area contributed by atoms with E-state index in [0.717, 1.165) is 5.56 Å². The molecule has 0 atom stereocenters. The van der Waals surface area contributed by atoms with E-state index >= 15 is 0 Å². The number of nitrogens with zero attached hydrogens (tertiary/aromatic N) is 4. The second-order valence-corrected chi connectivity index (χ2v) is 6.76. The summed E-state index contributed by atoms with van der Waals surface area (Å²) in [5.74, 6) is -0.623. The Bertz CT molecular complexity index is 1030. The van der Waals surface area contributed by atoms with Gasteiger partial charge in [0.2, 0.25) is 0 Å². The molecular formula is C19H17BrN6O2. The summed E-state index contributed by atoms with van der Waals surface area (Å²) in [7, 11) is 1.73. The van der Waals surface area contributed by atoms with Gasteiger partial charge in [0.25, 0.3) is 11.8 Å². The first-order valence-electron chi connectivity index (χ1n) is 8.29. The highest BCUT2D eigenvalue weighted by Crippen LogP contribution is 2.14. The Morgan fingerprint density at radius 1 is 1.04 bits per heavy atom. The van der Waals surface area contributed by atoms with Crippen LogP contribution in [-0.4, -0.2) is 32.3 Å². The molecule has 3 rings (SSSR count). The van der Waals surface area contributed by atoms with E-state index in [0.29, 0.717) is 21.4 Å². The van der Waals surface area contributed by atoms with Gasteiger partial charge in [-0.2, -0.15) is 10.2 Å². The van der Waals surface area contributed by atoms with E-state index in [2.05, 4.69) is 41.9 Å². The standard InChI is InChI=1S/C19H17BrN6O2/c1-12(23-24-19(28)17-16(20)11-26(2)25-17)13-3-5-15(6-4-13)22-18(27)14-7-9-21-10-8-14/h3-11H,1-2H3,(H,22,27)(H,24,28)/b23-12-. The Labute approximate surface area is 169 Å². The van der Waals surface area contributed by atoms with Gasteiger partial charge in [-0.1, -0.05) is 12.1 Å². The number of amides is 2. The number of carbonyl (C=O) groups is 2. The van der Waals surface area contributed by atoms with E-state index in [1.165, 1.54) is 4.68 Å². The minimum absolute atomic E-state index is 0.214. The summed E-state index contributed by atoms with van der Waals surface area (Å²) >= 11 is 3.28. The molecule has 2 heterocycles. The summed E-state index contributed by atoms with van der Waals surface area (Å²) < 4.78 is 2.13. The second kappa shape index (κ2) is 8.57. The minimum atomic E-state index is -0.409. The molecule has 0 fully saturated rings. The minimum Gasteiger partial charge on any atom is -0.322 e. The van der Waals surface area contributed by atoms with Gasteiger partial charge in [0.15, 0.2) is 5.69 Å². The number of nitrogens with one attached hydrogen (secondary N) is 2. The molecule has 1 aromatic carbocycles. The van der Waals surface area contributed by atoms with Gasteiger partial charge in [-0.05, 0) is 52.7 Å². The van der Waals surface area contributed by atoms with Gasteiger partial charge in [-0.15, -0.1) is 0 Å². The fourth-order valence-electron chi connectivity index (χ4n) is 2.37. The van der Waals surface area contributed by atoms with Crippen molar-refractivity contribution in [1.29, 1.82) is 0 Å². The number of benzene rings is 1. The number of pyridine rings is 1. The Morgan fingerprint density at radius 2 is 1.71 bits per heavy atom. The van der Waals surface area contributed by atoms with Crippen molar-refractivity contribution >= 4 is 39.1 Å². The van der Waals surface area contributed by atoms with Crippen LogP contribution in [0.2, 0.25) is 0 Å². The molecule has 0 aliphatic heterocycles. The average molecular weight is 441 g/mol. The molecule has 0 saturated heterocycles. The van der Waals surface area contributed by atoms with Crippen LogP contribution in [0.3, 0.4) is 0 Å². The van der Waals surface area contributed by atoms with E-state index in [9.17, 15) is 9.59 Å². The largest absolute Gasteiger partial charge is 0.322 e. The zero-order valence-corrected chi connectivity index (χ0v) is 16.8. The predicted octanol–water partition coefficient (Wildman–Crippen LogP) is 2.98. The smallest absolute Gasteiger partial charge is 0.293 e. The van der Waals surface area contributed by atoms with Gasteiger partial charge in [-0.3, -0.25) is 19.3 Å². The molecule has 3 aromatic rings. The van der Waals surface area contributed by atoms with Crippen LogP contribution in [0.15, 0.2) is 64.6 Å². The van der Waals surface area contributed by atoms with Gasteiger partial charge in [-0.25, -0.2) is 5.43 Å². The van der Waals surface area contributed by atoms with E-state index in [4.69, 9.17) is 0 Å². The summed E-state index contributed by atoms with van der Waals surface area (Å²) in [5.41, 5.74) is 5.35. The highest BCUT2D eigenvalue weighted by molar-refractivity contribution is 9.10. The van der Waals surface area contributed by atoms with Gasteiger partial charge >= 0.3 is 0 Å². The third-order valence-electron chi connectivity index (χ3n) is 3.83. The number of hydrogen-bond acceptors (Lipinski definition) is 5. The fourth-order valence-corrected chi connectivity index (χ4v) is 2.92. The molecule has 28 heavy (non-hydrogen) atoms. The first-order chi connectivity index (χ1) is 13.4. The normalized spacial score (nSPS) is 11.2. The number of aryl methyl sites for hydroxylation is 1. The lowest BCUT2D eigenvalue weighted by Gasteiger charge is -2.07. The van der Waals surface area contributed by atoms with Crippen LogP contribution in [0.4, 0.5) is 5.69 Å². The summed E-state index contributed by atoms with van der Waals surface area (Å²) in [5, 5.41) is 11.0. The lowest BCUT2D eigenvalue weighted by atomic mass is 10.1. The predicted molar refractivity (Wildman–Crippen MR) is 109 cm³/mol. The van der Waals surface area contributed by atoms with Crippen LogP contribution in [0.1, 0.15) is 33.3 Å². The lowest BCUT2D eigenvalue weighted by molar-refractivity contribution is 0.0947. The van der Waals surface area contributed by atoms with Crippen molar-refractivity contribution in [3.63, 3.8) is 0 Å². The third-order valence-corrected chi connectivity index (χ3v) is 4.41. The van der Waals surface area contributed by atoms with E-state index in [-0.39, 0.29) is 11.6 Å². The molecule has 9 heteroatoms. The molecule has 2 aromatic heterocycles. The number of hydrogen-bond donors (Lipinski definition) is 2. The molecule has 0 aliphatic rings. The van der Waals surface area contributed by atoms with E-state index in [1.54, 1.807) is 56.8 Å². The second-order valence-electron chi connectivity index (χ2n) is 5.90. The molecule has 0 unspecified atom stereocenters. The summed E-state index contributed by atoms with van der Waals surface area (Å²) in [6.45, 7) is 1.78. The molecule has 0 bridgehead atoms. The average Bonchev–Trinajstić information content (AvgIpc) is 3.05. The molecule has 0 radical (unpaired) electrons. The van der Waals surface area contributed by atoms with E-state index < -0.39 is 5.91 Å². The molecule has 0 saturated carbocycles. The molecule has 2 amide bonds. The van der Waals surface area contributed by atoms with Crippen LogP contribution in [0.5, 0.6) is 0 Å².